The van der Waals surface area contributed by atoms with Crippen LogP contribution in [-0.2, 0) is 0 Å². The lowest BCUT2D eigenvalue weighted by atomic mass is 10.1. The molecule has 0 saturated heterocycles. The molecule has 0 aliphatic carbocycles. The summed E-state index contributed by atoms with van der Waals surface area (Å²) in [6.07, 6.45) is 3.46. The maximum Gasteiger partial charge on any atom is 0.0122 e. The second-order valence-electron chi connectivity index (χ2n) is 3.94. The third kappa shape index (κ3) is 5.57. The summed E-state index contributed by atoms with van der Waals surface area (Å²) in [5.74, 6) is 1.28. The van der Waals surface area contributed by atoms with Crippen molar-refractivity contribution in [1.82, 2.24) is 4.90 Å². The second kappa shape index (κ2) is 5.04. The Balaban J connectivity index is 3.44. The van der Waals surface area contributed by atoms with Crippen LogP contribution in [-0.4, -0.2) is 36.0 Å². The Morgan fingerprint density at radius 1 is 1.27 bits per heavy atom. The summed E-state index contributed by atoms with van der Waals surface area (Å²) in [6, 6.07) is 0. The minimum absolute atomic E-state index is 0.332. The van der Waals surface area contributed by atoms with E-state index in [1.165, 1.54) is 18.7 Å². The normalized spacial score (nSPS) is 12.5. The van der Waals surface area contributed by atoms with E-state index >= 15 is 0 Å². The molecule has 0 aliphatic rings. The molecule has 0 saturated carbocycles. The molecule has 0 spiro atoms. The van der Waals surface area contributed by atoms with Crippen LogP contribution in [0.1, 0.15) is 27.2 Å². The molecule has 0 aromatic heterocycles. The van der Waals surface area contributed by atoms with E-state index in [0.717, 1.165) is 0 Å². The van der Waals surface area contributed by atoms with Crippen molar-refractivity contribution >= 4 is 11.8 Å². The highest BCUT2D eigenvalue weighted by molar-refractivity contribution is 7.98. The van der Waals surface area contributed by atoms with Gasteiger partial charge in [-0.15, -0.1) is 0 Å². The molecule has 0 amide bonds. The Bertz CT molecular complexity index is 96.2. The lowest BCUT2D eigenvalue weighted by Gasteiger charge is -2.31. The maximum atomic E-state index is 2.41. The number of thioether (sulfide) groups is 1. The highest BCUT2D eigenvalue weighted by atomic mass is 32.2. The number of nitrogens with zero attached hydrogens (tertiary/aromatic N) is 1. The van der Waals surface area contributed by atoms with Gasteiger partial charge in [0.15, 0.2) is 0 Å². The molecule has 2 heteroatoms. The molecule has 0 radical (unpaired) electrons. The van der Waals surface area contributed by atoms with Crippen LogP contribution in [0.4, 0.5) is 0 Å². The van der Waals surface area contributed by atoms with Crippen LogP contribution in [0.15, 0.2) is 0 Å². The van der Waals surface area contributed by atoms with Crippen molar-refractivity contribution in [1.29, 1.82) is 0 Å². The summed E-state index contributed by atoms with van der Waals surface area (Å²) in [7, 11) is 2.19. The van der Waals surface area contributed by atoms with E-state index in [2.05, 4.69) is 39.0 Å². The topological polar surface area (TPSA) is 3.24 Å². The second-order valence-corrected chi connectivity index (χ2v) is 4.92. The fourth-order valence-corrected chi connectivity index (χ4v) is 1.20. The van der Waals surface area contributed by atoms with Crippen molar-refractivity contribution < 1.29 is 0 Å². The van der Waals surface area contributed by atoms with Gasteiger partial charge in [-0.25, -0.2) is 0 Å². The molecule has 0 unspecified atom stereocenters. The Labute approximate surface area is 75.5 Å². The van der Waals surface area contributed by atoms with E-state index in [0.29, 0.717) is 5.54 Å². The van der Waals surface area contributed by atoms with Crippen molar-refractivity contribution in [3.05, 3.63) is 0 Å². The molecule has 0 N–H and O–H groups in total. The molecule has 0 fully saturated rings. The molecule has 0 heterocycles. The van der Waals surface area contributed by atoms with Gasteiger partial charge in [-0.05, 0) is 52.8 Å². The Morgan fingerprint density at radius 3 is 2.18 bits per heavy atom. The zero-order valence-corrected chi connectivity index (χ0v) is 9.29. The van der Waals surface area contributed by atoms with Crippen molar-refractivity contribution in [3.8, 4) is 0 Å². The summed E-state index contributed by atoms with van der Waals surface area (Å²) in [5, 5.41) is 0. The van der Waals surface area contributed by atoms with Crippen LogP contribution in [0.2, 0.25) is 0 Å². The first kappa shape index (κ1) is 11.3. The van der Waals surface area contributed by atoms with Crippen molar-refractivity contribution in [3.63, 3.8) is 0 Å². The molecule has 68 valence electrons. The predicted octanol–water partition coefficient (Wildman–Crippen LogP) is 2.47. The van der Waals surface area contributed by atoms with Gasteiger partial charge in [0, 0.05) is 5.54 Å². The minimum Gasteiger partial charge on any atom is -0.301 e. The molecule has 0 atom stereocenters. The first-order valence-corrected chi connectivity index (χ1v) is 5.58. The number of hydrogen-bond acceptors (Lipinski definition) is 2. The average molecular weight is 175 g/mol. The summed E-state index contributed by atoms with van der Waals surface area (Å²) in [4.78, 5) is 2.41. The van der Waals surface area contributed by atoms with Crippen molar-refractivity contribution in [2.24, 2.45) is 0 Å². The molecular weight excluding hydrogens is 154 g/mol. The molecule has 0 aromatic rings. The van der Waals surface area contributed by atoms with Crippen LogP contribution in [0.3, 0.4) is 0 Å². The largest absolute Gasteiger partial charge is 0.301 e. The van der Waals surface area contributed by atoms with Crippen molar-refractivity contribution in [2.75, 3.05) is 25.6 Å². The smallest absolute Gasteiger partial charge is 0.0122 e. The Morgan fingerprint density at radius 2 is 1.82 bits per heavy atom. The molecule has 0 aliphatic heterocycles. The molecular formula is C9H21NS. The van der Waals surface area contributed by atoms with E-state index in [1.807, 2.05) is 11.8 Å². The van der Waals surface area contributed by atoms with Crippen molar-refractivity contribution in [2.45, 2.75) is 32.7 Å². The lowest BCUT2D eigenvalue weighted by molar-refractivity contribution is 0.177. The predicted molar refractivity (Wildman–Crippen MR) is 55.4 cm³/mol. The average Bonchev–Trinajstić information content (AvgIpc) is 1.86. The van der Waals surface area contributed by atoms with E-state index < -0.39 is 0 Å². The molecule has 11 heavy (non-hydrogen) atoms. The number of hydrogen-bond donors (Lipinski definition) is 0. The van der Waals surface area contributed by atoms with Gasteiger partial charge in [0.1, 0.15) is 0 Å². The molecule has 1 nitrogen and oxygen atoms in total. The molecule has 0 aromatic carbocycles. The zero-order valence-electron chi connectivity index (χ0n) is 8.48. The van der Waals surface area contributed by atoms with E-state index in [4.69, 9.17) is 0 Å². The van der Waals surface area contributed by atoms with Crippen LogP contribution in [0.25, 0.3) is 0 Å². The monoisotopic (exact) mass is 175 g/mol. The van der Waals surface area contributed by atoms with Gasteiger partial charge < -0.3 is 4.90 Å². The third-order valence-electron chi connectivity index (χ3n) is 1.99. The van der Waals surface area contributed by atoms with Crippen LogP contribution in [0.5, 0.6) is 0 Å². The minimum atomic E-state index is 0.332. The highest BCUT2D eigenvalue weighted by Crippen LogP contribution is 2.10. The van der Waals surface area contributed by atoms with Gasteiger partial charge in [0.05, 0.1) is 0 Å². The van der Waals surface area contributed by atoms with E-state index in [1.54, 1.807) is 0 Å². The van der Waals surface area contributed by atoms with Gasteiger partial charge in [-0.1, -0.05) is 0 Å². The van der Waals surface area contributed by atoms with Gasteiger partial charge in [0.25, 0.3) is 0 Å². The van der Waals surface area contributed by atoms with Gasteiger partial charge in [0.2, 0.25) is 0 Å². The standard InChI is InChI=1S/C9H21NS/c1-9(2,3)10(4)7-6-8-11-5/h6-8H2,1-5H3. The quantitative estimate of drug-likeness (QED) is 0.604. The highest BCUT2D eigenvalue weighted by Gasteiger charge is 2.15. The first-order valence-electron chi connectivity index (χ1n) is 4.18. The maximum absolute atomic E-state index is 2.41. The fraction of sp³-hybridized carbons (Fsp3) is 1.00. The van der Waals surface area contributed by atoms with Gasteiger partial charge in [-0.3, -0.25) is 0 Å². The van der Waals surface area contributed by atoms with E-state index in [-0.39, 0.29) is 0 Å². The summed E-state index contributed by atoms with van der Waals surface area (Å²) in [5.41, 5.74) is 0.332. The lowest BCUT2D eigenvalue weighted by Crippen LogP contribution is -2.38. The van der Waals surface area contributed by atoms with Gasteiger partial charge >= 0.3 is 0 Å². The number of rotatable bonds is 4. The summed E-state index contributed by atoms with van der Waals surface area (Å²) >= 11 is 1.93. The first-order chi connectivity index (χ1) is 4.98. The zero-order chi connectivity index (χ0) is 8.91. The van der Waals surface area contributed by atoms with Crippen LogP contribution in [0, 0.1) is 0 Å². The SMILES string of the molecule is CSCCCN(C)C(C)(C)C. The van der Waals surface area contributed by atoms with Gasteiger partial charge in [-0.2, -0.15) is 11.8 Å². The van der Waals surface area contributed by atoms with Crippen LogP contribution >= 0.6 is 11.8 Å². The summed E-state index contributed by atoms with van der Waals surface area (Å²) < 4.78 is 0. The van der Waals surface area contributed by atoms with E-state index in [9.17, 15) is 0 Å². The summed E-state index contributed by atoms with van der Waals surface area (Å²) in [6.45, 7) is 7.98. The Kier molecular flexibility index (Phi) is 5.19. The fourth-order valence-electron chi connectivity index (χ4n) is 0.781. The molecule has 0 rings (SSSR count). The molecule has 0 bridgehead atoms. The third-order valence-corrected chi connectivity index (χ3v) is 2.68. The van der Waals surface area contributed by atoms with Crippen LogP contribution < -0.4 is 0 Å². The Hall–Kier alpha value is 0.310.